The van der Waals surface area contributed by atoms with E-state index in [4.69, 9.17) is 0 Å². The molecule has 0 saturated heterocycles. The molecule has 0 heterocycles. The fourth-order valence-corrected chi connectivity index (χ4v) is 1.27. The van der Waals surface area contributed by atoms with Gasteiger partial charge in [0, 0.05) is 13.1 Å². The van der Waals surface area contributed by atoms with Gasteiger partial charge in [-0.25, -0.2) is 0 Å². The Balaban J connectivity index is 3.42. The first kappa shape index (κ1) is 12.8. The Hall–Kier alpha value is -0.220. The maximum Gasteiger partial charge on any atom is 0.229 e. The summed E-state index contributed by atoms with van der Waals surface area (Å²) in [4.78, 5) is 13.2. The first-order valence-corrected chi connectivity index (χ1v) is 5.47. The van der Waals surface area contributed by atoms with Crippen molar-refractivity contribution in [2.24, 2.45) is 0 Å². The van der Waals surface area contributed by atoms with Gasteiger partial charge >= 0.3 is 0 Å². The third-order valence-electron chi connectivity index (χ3n) is 1.88. The zero-order valence-corrected chi connectivity index (χ0v) is 9.44. The topological polar surface area (TPSA) is 32.3 Å². The van der Waals surface area contributed by atoms with Crippen LogP contribution in [0.5, 0.6) is 0 Å². The molecule has 1 amide bonds. The number of carbonyl (C=O) groups excluding carboxylic acids is 1. The van der Waals surface area contributed by atoms with Crippen LogP contribution in [0.1, 0.15) is 20.3 Å². The fourth-order valence-electron chi connectivity index (χ4n) is 1.15. The second-order valence-corrected chi connectivity index (χ2v) is 3.26. The third kappa shape index (κ3) is 6.90. The minimum absolute atomic E-state index is 0.0101. The molecule has 0 aromatic heterocycles. The molecule has 0 radical (unpaired) electrons. The molecule has 0 aliphatic heterocycles. The number of amides is 1. The number of nitrogens with zero attached hydrogens (tertiary/aromatic N) is 1. The molecule has 0 aliphatic rings. The molecule has 0 rings (SSSR count). The minimum Gasteiger partial charge on any atom is -0.354 e. The Labute approximate surface area is 86.3 Å². The monoisotopic (exact) mass is 204 g/mol. The molecule has 0 saturated carbocycles. The van der Waals surface area contributed by atoms with Crippen molar-refractivity contribution in [3.63, 3.8) is 0 Å². The van der Waals surface area contributed by atoms with Crippen molar-refractivity contribution >= 4 is 18.5 Å². The lowest BCUT2D eigenvalue weighted by molar-refractivity contribution is -0.118. The Kier molecular flexibility index (Phi) is 8.24. The van der Waals surface area contributed by atoms with Crippen LogP contribution in [0.15, 0.2) is 0 Å². The van der Waals surface area contributed by atoms with Crippen molar-refractivity contribution < 1.29 is 4.79 Å². The molecule has 78 valence electrons. The van der Waals surface area contributed by atoms with Crippen LogP contribution in [-0.4, -0.2) is 42.7 Å². The lowest BCUT2D eigenvalue weighted by Crippen LogP contribution is -2.35. The highest BCUT2D eigenvalue weighted by atomic mass is 32.1. The second kappa shape index (κ2) is 8.38. The van der Waals surface area contributed by atoms with Gasteiger partial charge < -0.3 is 10.2 Å². The van der Waals surface area contributed by atoms with Crippen molar-refractivity contribution in [2.45, 2.75) is 20.3 Å². The summed E-state index contributed by atoms with van der Waals surface area (Å²) in [5.74, 6) is 0.288. The largest absolute Gasteiger partial charge is 0.354 e. The molecule has 1 N–H and O–H groups in total. The average Bonchev–Trinajstić information content (AvgIpc) is 2.16. The molecular weight excluding hydrogens is 184 g/mol. The van der Waals surface area contributed by atoms with Gasteiger partial charge in [0.05, 0.1) is 5.75 Å². The fraction of sp³-hybridized carbons (Fsp3) is 0.889. The van der Waals surface area contributed by atoms with Crippen LogP contribution in [-0.2, 0) is 4.79 Å². The van der Waals surface area contributed by atoms with E-state index in [1.54, 1.807) is 0 Å². The zero-order chi connectivity index (χ0) is 10.1. The number of nitrogens with one attached hydrogen (secondary N) is 1. The standard InChI is InChI=1S/C9H20N2OS/c1-3-6-11(4-2)7-5-10-9(12)8-13/h13H,3-8H2,1-2H3,(H,10,12). The van der Waals surface area contributed by atoms with E-state index in [0.29, 0.717) is 0 Å². The van der Waals surface area contributed by atoms with Gasteiger partial charge in [0.2, 0.25) is 5.91 Å². The predicted molar refractivity (Wildman–Crippen MR) is 59.3 cm³/mol. The number of thiol groups is 1. The Morgan fingerprint density at radius 3 is 2.54 bits per heavy atom. The highest BCUT2D eigenvalue weighted by Crippen LogP contribution is 1.88. The summed E-state index contributed by atoms with van der Waals surface area (Å²) < 4.78 is 0. The van der Waals surface area contributed by atoms with Gasteiger partial charge in [-0.1, -0.05) is 13.8 Å². The van der Waals surface area contributed by atoms with Crippen LogP contribution in [0.3, 0.4) is 0 Å². The summed E-state index contributed by atoms with van der Waals surface area (Å²) in [6.07, 6.45) is 1.16. The van der Waals surface area contributed by atoms with Crippen molar-refractivity contribution in [1.29, 1.82) is 0 Å². The van der Waals surface area contributed by atoms with E-state index < -0.39 is 0 Å². The van der Waals surface area contributed by atoms with Crippen LogP contribution in [0.4, 0.5) is 0 Å². The molecule has 0 atom stereocenters. The number of hydrogen-bond acceptors (Lipinski definition) is 3. The maximum absolute atomic E-state index is 10.8. The molecule has 0 aliphatic carbocycles. The Bertz CT molecular complexity index is 142. The second-order valence-electron chi connectivity index (χ2n) is 2.94. The lowest BCUT2D eigenvalue weighted by atomic mass is 10.4. The molecule has 0 unspecified atom stereocenters. The number of hydrogen-bond donors (Lipinski definition) is 2. The smallest absolute Gasteiger partial charge is 0.229 e. The summed E-state index contributed by atoms with van der Waals surface area (Å²) >= 11 is 3.88. The van der Waals surface area contributed by atoms with E-state index >= 15 is 0 Å². The van der Waals surface area contributed by atoms with E-state index in [1.165, 1.54) is 0 Å². The molecule has 0 fully saturated rings. The summed E-state index contributed by atoms with van der Waals surface area (Å²) in [5, 5.41) is 2.80. The predicted octanol–water partition coefficient (Wildman–Crippen LogP) is 0.764. The number of likely N-dealkylation sites (N-methyl/N-ethyl adjacent to an activating group) is 1. The van der Waals surface area contributed by atoms with Crippen molar-refractivity contribution in [3.8, 4) is 0 Å². The minimum atomic E-state index is 0.0101. The van der Waals surface area contributed by atoms with Gasteiger partial charge in [0.1, 0.15) is 0 Å². The van der Waals surface area contributed by atoms with Crippen LogP contribution in [0.2, 0.25) is 0 Å². The van der Waals surface area contributed by atoms with E-state index in [1.807, 2.05) is 0 Å². The van der Waals surface area contributed by atoms with Gasteiger partial charge in [-0.15, -0.1) is 0 Å². The third-order valence-corrected chi connectivity index (χ3v) is 2.17. The quantitative estimate of drug-likeness (QED) is 0.600. The molecular formula is C9H20N2OS. The van der Waals surface area contributed by atoms with Crippen LogP contribution in [0.25, 0.3) is 0 Å². The molecule has 3 nitrogen and oxygen atoms in total. The Morgan fingerprint density at radius 1 is 1.38 bits per heavy atom. The highest BCUT2D eigenvalue weighted by molar-refractivity contribution is 7.81. The van der Waals surface area contributed by atoms with Crippen molar-refractivity contribution in [1.82, 2.24) is 10.2 Å². The molecule has 13 heavy (non-hydrogen) atoms. The van der Waals surface area contributed by atoms with Crippen molar-refractivity contribution in [2.75, 3.05) is 31.9 Å². The molecule has 0 aromatic carbocycles. The van der Waals surface area contributed by atoms with Gasteiger partial charge in [0.25, 0.3) is 0 Å². The molecule has 4 heteroatoms. The van der Waals surface area contributed by atoms with Gasteiger partial charge in [0.15, 0.2) is 0 Å². The van der Waals surface area contributed by atoms with Crippen LogP contribution < -0.4 is 5.32 Å². The van der Waals surface area contributed by atoms with Crippen LogP contribution in [0, 0.1) is 0 Å². The number of rotatable bonds is 7. The zero-order valence-electron chi connectivity index (χ0n) is 8.55. The summed E-state index contributed by atoms with van der Waals surface area (Å²) in [7, 11) is 0. The Morgan fingerprint density at radius 2 is 2.08 bits per heavy atom. The molecule has 0 aromatic rings. The molecule has 0 bridgehead atoms. The number of carbonyl (C=O) groups is 1. The van der Waals surface area contributed by atoms with Gasteiger partial charge in [-0.2, -0.15) is 12.6 Å². The van der Waals surface area contributed by atoms with E-state index in [-0.39, 0.29) is 11.7 Å². The van der Waals surface area contributed by atoms with E-state index in [9.17, 15) is 4.79 Å². The van der Waals surface area contributed by atoms with Gasteiger partial charge in [-0.05, 0) is 19.5 Å². The summed E-state index contributed by atoms with van der Waals surface area (Å²) in [6.45, 7) is 8.11. The normalized spacial score (nSPS) is 10.5. The summed E-state index contributed by atoms with van der Waals surface area (Å²) in [6, 6.07) is 0. The average molecular weight is 204 g/mol. The molecule has 0 spiro atoms. The van der Waals surface area contributed by atoms with Crippen LogP contribution >= 0.6 is 12.6 Å². The first-order chi connectivity index (χ1) is 6.24. The first-order valence-electron chi connectivity index (χ1n) is 4.84. The maximum atomic E-state index is 10.8. The summed E-state index contributed by atoms with van der Waals surface area (Å²) in [5.41, 5.74) is 0. The SMILES string of the molecule is CCCN(CC)CCNC(=O)CS. The van der Waals surface area contributed by atoms with Gasteiger partial charge in [-0.3, -0.25) is 4.79 Å². The highest BCUT2D eigenvalue weighted by Gasteiger charge is 2.01. The van der Waals surface area contributed by atoms with E-state index in [0.717, 1.165) is 32.6 Å². The van der Waals surface area contributed by atoms with Crippen molar-refractivity contribution in [3.05, 3.63) is 0 Å². The lowest BCUT2D eigenvalue weighted by Gasteiger charge is -2.19. The van der Waals surface area contributed by atoms with E-state index in [2.05, 4.69) is 36.7 Å².